The Labute approximate surface area is 164 Å². The van der Waals surface area contributed by atoms with Crippen LogP contribution < -0.4 is 5.32 Å². The van der Waals surface area contributed by atoms with Crippen LogP contribution in [0.2, 0.25) is 0 Å². The van der Waals surface area contributed by atoms with Crippen molar-refractivity contribution in [1.82, 2.24) is 15.2 Å². The second-order valence-corrected chi connectivity index (χ2v) is 8.47. The van der Waals surface area contributed by atoms with Crippen LogP contribution in [0.5, 0.6) is 0 Å². The lowest BCUT2D eigenvalue weighted by Gasteiger charge is -2.27. The minimum absolute atomic E-state index is 0.0458. The minimum Gasteiger partial charge on any atom is -0.345 e. The van der Waals surface area contributed by atoms with E-state index in [1.165, 1.54) is 0 Å². The van der Waals surface area contributed by atoms with E-state index in [1.54, 1.807) is 16.2 Å². The zero-order valence-electron chi connectivity index (χ0n) is 16.1. The molecule has 3 rings (SSSR count). The first-order valence-corrected chi connectivity index (χ1v) is 10.4. The predicted octanol–water partition coefficient (Wildman–Crippen LogP) is 3.85. The standard InChI is InChI=1S/C21H27N3O2S/c1-14(2)11-17(21-22-15(3)13-27-21)23-20(26)18-9-10-19(25)24(18)12-16-7-5-4-6-8-16/h4-8,13-14,17-18H,9-12H2,1-3H3,(H,23,26). The van der Waals surface area contributed by atoms with E-state index < -0.39 is 6.04 Å². The average molecular weight is 386 g/mol. The molecule has 1 aromatic carbocycles. The molecule has 6 heteroatoms. The van der Waals surface area contributed by atoms with E-state index in [4.69, 9.17) is 0 Å². The van der Waals surface area contributed by atoms with Gasteiger partial charge in [-0.05, 0) is 31.2 Å². The van der Waals surface area contributed by atoms with Gasteiger partial charge in [0.15, 0.2) is 0 Å². The van der Waals surface area contributed by atoms with Crippen LogP contribution in [0.1, 0.15) is 55.4 Å². The molecule has 1 aliphatic heterocycles. The van der Waals surface area contributed by atoms with Crippen molar-refractivity contribution in [2.24, 2.45) is 5.92 Å². The molecule has 0 bridgehead atoms. The maximum atomic E-state index is 13.0. The highest BCUT2D eigenvalue weighted by atomic mass is 32.1. The number of nitrogens with one attached hydrogen (secondary N) is 1. The fourth-order valence-electron chi connectivity index (χ4n) is 3.48. The van der Waals surface area contributed by atoms with E-state index in [2.05, 4.69) is 24.1 Å². The minimum atomic E-state index is -0.409. The molecule has 27 heavy (non-hydrogen) atoms. The number of hydrogen-bond donors (Lipinski definition) is 1. The summed E-state index contributed by atoms with van der Waals surface area (Å²) < 4.78 is 0. The first-order valence-electron chi connectivity index (χ1n) is 9.50. The number of likely N-dealkylation sites (tertiary alicyclic amines) is 1. The first kappa shape index (κ1) is 19.5. The van der Waals surface area contributed by atoms with Gasteiger partial charge in [-0.2, -0.15) is 0 Å². The molecule has 1 saturated heterocycles. The SMILES string of the molecule is Cc1csc(C(CC(C)C)NC(=O)C2CCC(=O)N2Cc2ccccc2)n1. The molecule has 1 N–H and O–H groups in total. The van der Waals surface area contributed by atoms with E-state index in [1.807, 2.05) is 42.6 Å². The summed E-state index contributed by atoms with van der Waals surface area (Å²) in [5.74, 6) is 0.407. The van der Waals surface area contributed by atoms with Gasteiger partial charge in [-0.3, -0.25) is 9.59 Å². The number of carbonyl (C=O) groups is 2. The lowest BCUT2D eigenvalue weighted by atomic mass is 10.0. The topological polar surface area (TPSA) is 62.3 Å². The highest BCUT2D eigenvalue weighted by Gasteiger charge is 2.37. The quantitative estimate of drug-likeness (QED) is 0.787. The Kier molecular flexibility index (Phi) is 6.26. The van der Waals surface area contributed by atoms with E-state index in [-0.39, 0.29) is 17.9 Å². The fourth-order valence-corrected chi connectivity index (χ4v) is 4.34. The zero-order valence-corrected chi connectivity index (χ0v) is 17.0. The van der Waals surface area contributed by atoms with Gasteiger partial charge in [0, 0.05) is 24.0 Å². The molecule has 2 heterocycles. The second-order valence-electron chi connectivity index (χ2n) is 7.58. The van der Waals surface area contributed by atoms with Crippen molar-refractivity contribution < 1.29 is 9.59 Å². The van der Waals surface area contributed by atoms with Crippen molar-refractivity contribution in [2.45, 2.75) is 58.7 Å². The molecule has 2 amide bonds. The van der Waals surface area contributed by atoms with E-state index in [0.29, 0.717) is 25.3 Å². The fraction of sp³-hybridized carbons (Fsp3) is 0.476. The van der Waals surface area contributed by atoms with E-state index in [9.17, 15) is 9.59 Å². The van der Waals surface area contributed by atoms with Gasteiger partial charge in [-0.15, -0.1) is 11.3 Å². The Morgan fingerprint density at radius 3 is 2.70 bits per heavy atom. The third-order valence-corrected chi connectivity index (χ3v) is 5.86. The molecule has 2 aromatic rings. The van der Waals surface area contributed by atoms with Crippen LogP contribution in [0.15, 0.2) is 35.7 Å². The number of benzene rings is 1. The van der Waals surface area contributed by atoms with Crippen LogP contribution in [-0.2, 0) is 16.1 Å². The maximum absolute atomic E-state index is 13.0. The Bertz CT molecular complexity index is 788. The number of thiazole rings is 1. The van der Waals surface area contributed by atoms with Crippen LogP contribution >= 0.6 is 11.3 Å². The monoisotopic (exact) mass is 385 g/mol. The highest BCUT2D eigenvalue weighted by molar-refractivity contribution is 7.09. The van der Waals surface area contributed by atoms with Crippen molar-refractivity contribution in [3.63, 3.8) is 0 Å². The average Bonchev–Trinajstić information content (AvgIpc) is 3.21. The number of amides is 2. The summed E-state index contributed by atoms with van der Waals surface area (Å²) in [4.78, 5) is 31.7. The molecule has 1 aromatic heterocycles. The zero-order chi connectivity index (χ0) is 19.4. The summed E-state index contributed by atoms with van der Waals surface area (Å²) in [6.07, 6.45) is 1.83. The van der Waals surface area contributed by atoms with Crippen molar-refractivity contribution in [3.05, 3.63) is 52.0 Å². The summed E-state index contributed by atoms with van der Waals surface area (Å²) >= 11 is 1.58. The van der Waals surface area contributed by atoms with Crippen LogP contribution in [0.4, 0.5) is 0 Å². The maximum Gasteiger partial charge on any atom is 0.243 e. The van der Waals surface area contributed by atoms with E-state index >= 15 is 0 Å². The Morgan fingerprint density at radius 2 is 2.07 bits per heavy atom. The first-order chi connectivity index (χ1) is 12.9. The van der Waals surface area contributed by atoms with Gasteiger partial charge >= 0.3 is 0 Å². The van der Waals surface area contributed by atoms with Gasteiger partial charge in [0.2, 0.25) is 11.8 Å². The van der Waals surface area contributed by atoms with Gasteiger partial charge in [0.25, 0.3) is 0 Å². The van der Waals surface area contributed by atoms with Crippen LogP contribution in [0.3, 0.4) is 0 Å². The smallest absolute Gasteiger partial charge is 0.243 e. The molecule has 5 nitrogen and oxygen atoms in total. The summed E-state index contributed by atoms with van der Waals surface area (Å²) in [6.45, 7) is 6.72. The van der Waals surface area contributed by atoms with Crippen LogP contribution in [-0.4, -0.2) is 27.7 Å². The van der Waals surface area contributed by atoms with Crippen molar-refractivity contribution in [3.8, 4) is 0 Å². The number of hydrogen-bond acceptors (Lipinski definition) is 4. The molecular formula is C21H27N3O2S. The summed E-state index contributed by atoms with van der Waals surface area (Å²) in [7, 11) is 0. The highest BCUT2D eigenvalue weighted by Crippen LogP contribution is 2.27. The lowest BCUT2D eigenvalue weighted by Crippen LogP contribution is -2.45. The molecule has 0 aliphatic carbocycles. The number of carbonyl (C=O) groups excluding carboxylic acids is 2. The van der Waals surface area contributed by atoms with Gasteiger partial charge in [0.05, 0.1) is 6.04 Å². The number of nitrogens with zero attached hydrogens (tertiary/aromatic N) is 2. The molecule has 2 unspecified atom stereocenters. The van der Waals surface area contributed by atoms with Crippen molar-refractivity contribution in [2.75, 3.05) is 0 Å². The van der Waals surface area contributed by atoms with Gasteiger partial charge in [-0.1, -0.05) is 44.2 Å². The molecule has 0 spiro atoms. The molecule has 2 atom stereocenters. The predicted molar refractivity (Wildman–Crippen MR) is 107 cm³/mol. The summed E-state index contributed by atoms with van der Waals surface area (Å²) in [5, 5.41) is 6.12. The third kappa shape index (κ3) is 4.95. The Balaban J connectivity index is 1.73. The third-order valence-electron chi connectivity index (χ3n) is 4.79. The van der Waals surface area contributed by atoms with Crippen molar-refractivity contribution in [1.29, 1.82) is 0 Å². The second kappa shape index (κ2) is 8.65. The number of rotatable bonds is 7. The van der Waals surface area contributed by atoms with Crippen LogP contribution in [0.25, 0.3) is 0 Å². The molecule has 1 aliphatic rings. The van der Waals surface area contributed by atoms with Gasteiger partial charge in [0.1, 0.15) is 11.0 Å². The molecule has 1 fully saturated rings. The number of aromatic nitrogens is 1. The summed E-state index contributed by atoms with van der Waals surface area (Å²) in [6, 6.07) is 9.31. The number of aryl methyl sites for hydroxylation is 1. The Hall–Kier alpha value is -2.21. The molecule has 0 radical (unpaired) electrons. The molecule has 144 valence electrons. The van der Waals surface area contributed by atoms with Crippen LogP contribution in [0, 0.1) is 12.8 Å². The summed E-state index contributed by atoms with van der Waals surface area (Å²) in [5.41, 5.74) is 2.01. The van der Waals surface area contributed by atoms with Gasteiger partial charge < -0.3 is 10.2 Å². The van der Waals surface area contributed by atoms with E-state index in [0.717, 1.165) is 22.7 Å². The Morgan fingerprint density at radius 1 is 1.33 bits per heavy atom. The van der Waals surface area contributed by atoms with Crippen molar-refractivity contribution >= 4 is 23.2 Å². The van der Waals surface area contributed by atoms with Gasteiger partial charge in [-0.25, -0.2) is 4.98 Å². The largest absolute Gasteiger partial charge is 0.345 e. The molecule has 0 saturated carbocycles. The molecular weight excluding hydrogens is 358 g/mol. The normalized spacial score (nSPS) is 18.1. The lowest BCUT2D eigenvalue weighted by molar-refractivity contribution is -0.136.